The van der Waals surface area contributed by atoms with Crippen molar-refractivity contribution in [1.29, 1.82) is 0 Å². The summed E-state index contributed by atoms with van der Waals surface area (Å²) >= 11 is 5.82. The molecular formula is C17H20ClNO4S. The molecule has 0 saturated carbocycles. The number of benzene rings is 1. The molecule has 0 aliphatic rings. The summed E-state index contributed by atoms with van der Waals surface area (Å²) < 4.78 is 31.2. The highest BCUT2D eigenvalue weighted by molar-refractivity contribution is 7.91. The maximum absolute atomic E-state index is 12.9. The highest BCUT2D eigenvalue weighted by Crippen LogP contribution is 2.30. The fourth-order valence-corrected chi connectivity index (χ4v) is 3.79. The number of hydrogen-bond acceptors (Lipinski definition) is 4. The Hall–Kier alpha value is -1.79. The molecule has 1 atom stereocenters. The van der Waals surface area contributed by atoms with E-state index >= 15 is 0 Å². The minimum Gasteiger partial charge on any atom is -0.468 e. The van der Waals surface area contributed by atoms with E-state index in [0.29, 0.717) is 5.02 Å². The molecule has 2 aromatic rings. The molecule has 0 unspecified atom stereocenters. The van der Waals surface area contributed by atoms with Gasteiger partial charge in [0.2, 0.25) is 5.91 Å². The number of carbonyl (C=O) groups excluding carboxylic acids is 1. The minimum absolute atomic E-state index is 0.0748. The fourth-order valence-electron chi connectivity index (χ4n) is 2.08. The molecule has 0 saturated heterocycles. The van der Waals surface area contributed by atoms with Gasteiger partial charge in [-0.25, -0.2) is 8.42 Å². The highest BCUT2D eigenvalue weighted by atomic mass is 35.5. The standard InChI is InChI=1S/C17H20ClNO4S/c1-17(2,3)16(20)19-11-15(14-5-4-10-23-14)24(21,22)13-8-6-12(18)7-9-13/h4-10,15H,11H2,1-3H3,(H,19,20)/t15-/m1/s1. The normalized spacial score (nSPS) is 13.5. The third-order valence-corrected chi connectivity index (χ3v) is 5.84. The lowest BCUT2D eigenvalue weighted by Crippen LogP contribution is -2.38. The molecular weight excluding hydrogens is 350 g/mol. The largest absolute Gasteiger partial charge is 0.468 e. The van der Waals surface area contributed by atoms with E-state index in [2.05, 4.69) is 5.32 Å². The maximum Gasteiger partial charge on any atom is 0.225 e. The molecule has 1 heterocycles. The van der Waals surface area contributed by atoms with Gasteiger partial charge >= 0.3 is 0 Å². The Morgan fingerprint density at radius 3 is 2.33 bits per heavy atom. The molecule has 1 amide bonds. The predicted octanol–water partition coefficient (Wildman–Crippen LogP) is 3.61. The van der Waals surface area contributed by atoms with Crippen molar-refractivity contribution in [3.8, 4) is 0 Å². The molecule has 5 nitrogen and oxygen atoms in total. The van der Waals surface area contributed by atoms with E-state index in [4.69, 9.17) is 16.0 Å². The first kappa shape index (κ1) is 18.5. The lowest BCUT2D eigenvalue weighted by Gasteiger charge is -2.21. The minimum atomic E-state index is -3.75. The van der Waals surface area contributed by atoms with Gasteiger partial charge in [0, 0.05) is 17.0 Å². The second kappa shape index (κ2) is 6.99. The van der Waals surface area contributed by atoms with Gasteiger partial charge < -0.3 is 9.73 Å². The number of amides is 1. The second-order valence-corrected chi connectivity index (χ2v) is 9.03. The molecule has 0 bridgehead atoms. The van der Waals surface area contributed by atoms with Crippen LogP contribution >= 0.6 is 11.6 Å². The third-order valence-electron chi connectivity index (χ3n) is 3.51. The van der Waals surface area contributed by atoms with E-state index in [0.717, 1.165) is 0 Å². The average molecular weight is 370 g/mol. The van der Waals surface area contributed by atoms with E-state index in [1.54, 1.807) is 32.9 Å². The topological polar surface area (TPSA) is 76.4 Å². The molecule has 1 aromatic heterocycles. The predicted molar refractivity (Wildman–Crippen MR) is 92.6 cm³/mol. The quantitative estimate of drug-likeness (QED) is 0.873. The summed E-state index contributed by atoms with van der Waals surface area (Å²) in [5, 5.41) is 2.13. The molecule has 0 aliphatic carbocycles. The molecule has 24 heavy (non-hydrogen) atoms. The highest BCUT2D eigenvalue weighted by Gasteiger charge is 2.33. The van der Waals surface area contributed by atoms with Crippen LogP contribution in [0.4, 0.5) is 0 Å². The summed E-state index contributed by atoms with van der Waals surface area (Å²) in [4.78, 5) is 12.2. The summed E-state index contributed by atoms with van der Waals surface area (Å²) in [6.07, 6.45) is 1.41. The zero-order chi connectivity index (χ0) is 18.0. The smallest absolute Gasteiger partial charge is 0.225 e. The number of nitrogens with one attached hydrogen (secondary N) is 1. The monoisotopic (exact) mass is 369 g/mol. The van der Waals surface area contributed by atoms with Gasteiger partial charge in [-0.15, -0.1) is 0 Å². The van der Waals surface area contributed by atoms with Crippen molar-refractivity contribution in [3.05, 3.63) is 53.4 Å². The first-order chi connectivity index (χ1) is 11.1. The van der Waals surface area contributed by atoms with E-state index in [9.17, 15) is 13.2 Å². The lowest BCUT2D eigenvalue weighted by atomic mass is 9.96. The Balaban J connectivity index is 2.33. The number of halogens is 1. The van der Waals surface area contributed by atoms with Crippen molar-refractivity contribution in [3.63, 3.8) is 0 Å². The van der Waals surface area contributed by atoms with Crippen LogP contribution in [0.25, 0.3) is 0 Å². The zero-order valence-corrected chi connectivity index (χ0v) is 15.3. The van der Waals surface area contributed by atoms with E-state index in [1.165, 1.54) is 30.5 Å². The van der Waals surface area contributed by atoms with Crippen molar-refractivity contribution < 1.29 is 17.6 Å². The number of sulfone groups is 1. The van der Waals surface area contributed by atoms with Crippen LogP contribution in [0, 0.1) is 5.41 Å². The van der Waals surface area contributed by atoms with Crippen molar-refractivity contribution >= 4 is 27.3 Å². The second-order valence-electron chi connectivity index (χ2n) is 6.46. The molecule has 1 aromatic carbocycles. The molecule has 0 radical (unpaired) electrons. The van der Waals surface area contributed by atoms with Gasteiger partial charge in [0.05, 0.1) is 11.2 Å². The summed E-state index contributed by atoms with van der Waals surface area (Å²) in [6.45, 7) is 5.21. The summed E-state index contributed by atoms with van der Waals surface area (Å²) in [6, 6.07) is 9.12. The summed E-state index contributed by atoms with van der Waals surface area (Å²) in [5.74, 6) is 0.0459. The summed E-state index contributed by atoms with van der Waals surface area (Å²) in [7, 11) is -3.75. The van der Waals surface area contributed by atoms with Crippen LogP contribution in [-0.4, -0.2) is 20.9 Å². The third kappa shape index (κ3) is 4.19. The van der Waals surface area contributed by atoms with Crippen LogP contribution < -0.4 is 5.32 Å². The first-order valence-corrected chi connectivity index (χ1v) is 9.36. The van der Waals surface area contributed by atoms with E-state index in [-0.39, 0.29) is 23.1 Å². The van der Waals surface area contributed by atoms with Gasteiger partial charge in [-0.1, -0.05) is 32.4 Å². The van der Waals surface area contributed by atoms with Crippen LogP contribution in [0.3, 0.4) is 0 Å². The van der Waals surface area contributed by atoms with Gasteiger partial charge in [-0.3, -0.25) is 4.79 Å². The Morgan fingerprint density at radius 1 is 1.21 bits per heavy atom. The Labute approximate surface area is 146 Å². The summed E-state index contributed by atoms with van der Waals surface area (Å²) in [5.41, 5.74) is -0.613. The maximum atomic E-state index is 12.9. The number of hydrogen-bond donors (Lipinski definition) is 1. The van der Waals surface area contributed by atoms with Gasteiger partial charge in [0.1, 0.15) is 11.0 Å². The van der Waals surface area contributed by atoms with Crippen LogP contribution in [-0.2, 0) is 14.6 Å². The van der Waals surface area contributed by atoms with E-state index < -0.39 is 20.5 Å². The molecule has 130 valence electrons. The molecule has 1 N–H and O–H groups in total. The Kier molecular flexibility index (Phi) is 5.40. The molecule has 0 spiro atoms. The van der Waals surface area contributed by atoms with Gasteiger partial charge in [0.15, 0.2) is 9.84 Å². The number of furan rings is 1. The average Bonchev–Trinajstić information content (AvgIpc) is 3.00. The van der Waals surface area contributed by atoms with Crippen LogP contribution in [0.5, 0.6) is 0 Å². The fraction of sp³-hybridized carbons (Fsp3) is 0.353. The Bertz CT molecular complexity index is 790. The van der Waals surface area contributed by atoms with Crippen LogP contribution in [0.1, 0.15) is 31.8 Å². The van der Waals surface area contributed by atoms with E-state index in [1.807, 2.05) is 0 Å². The van der Waals surface area contributed by atoms with Crippen LogP contribution in [0.15, 0.2) is 52.0 Å². The SMILES string of the molecule is CC(C)(C)C(=O)NC[C@H](c1ccco1)S(=O)(=O)c1ccc(Cl)cc1. The van der Waals surface area contributed by atoms with Gasteiger partial charge in [-0.2, -0.15) is 0 Å². The number of carbonyl (C=O) groups is 1. The van der Waals surface area contributed by atoms with Gasteiger partial charge in [-0.05, 0) is 36.4 Å². The molecule has 0 aliphatic heterocycles. The number of rotatable bonds is 5. The first-order valence-electron chi connectivity index (χ1n) is 7.43. The van der Waals surface area contributed by atoms with Gasteiger partial charge in [0.25, 0.3) is 0 Å². The zero-order valence-electron chi connectivity index (χ0n) is 13.7. The van der Waals surface area contributed by atoms with Crippen molar-refractivity contribution in [2.45, 2.75) is 30.9 Å². The van der Waals surface area contributed by atoms with Crippen molar-refractivity contribution in [2.75, 3.05) is 6.54 Å². The van der Waals surface area contributed by atoms with Crippen molar-refractivity contribution in [2.24, 2.45) is 5.41 Å². The molecule has 7 heteroatoms. The Morgan fingerprint density at radius 2 is 1.83 bits per heavy atom. The van der Waals surface area contributed by atoms with Crippen molar-refractivity contribution in [1.82, 2.24) is 5.32 Å². The van der Waals surface area contributed by atoms with Crippen LogP contribution in [0.2, 0.25) is 5.02 Å². The molecule has 2 rings (SSSR count). The lowest BCUT2D eigenvalue weighted by molar-refractivity contribution is -0.128. The molecule has 0 fully saturated rings.